The van der Waals surface area contributed by atoms with E-state index in [1.165, 1.54) is 4.31 Å². The maximum atomic E-state index is 12.7. The van der Waals surface area contributed by atoms with E-state index in [9.17, 15) is 8.42 Å². The fourth-order valence-electron chi connectivity index (χ4n) is 2.03. The zero-order valence-electron chi connectivity index (χ0n) is 12.6. The number of H-pyrrole nitrogens is 1. The summed E-state index contributed by atoms with van der Waals surface area (Å²) in [6.07, 6.45) is 4.21. The van der Waals surface area contributed by atoms with Crippen LogP contribution in [-0.2, 0) is 16.6 Å². The highest BCUT2D eigenvalue weighted by molar-refractivity contribution is 7.89. The van der Waals surface area contributed by atoms with Crippen LogP contribution in [0.4, 0.5) is 0 Å². The molecule has 0 fully saturated rings. The first-order chi connectivity index (χ1) is 9.57. The highest BCUT2D eigenvalue weighted by atomic mass is 32.2. The molecule has 0 amide bonds. The Kier molecular flexibility index (Phi) is 7.18. The summed E-state index contributed by atoms with van der Waals surface area (Å²) in [6, 6.07) is 0. The fourth-order valence-corrected chi connectivity index (χ4v) is 3.76. The predicted molar refractivity (Wildman–Crippen MR) is 79.9 cm³/mol. The standard InChI is InChI=1S/C13H26N4O2S/c1-4-7-14-10-12-11-15-16-13(12)20(18,19)17(8-5-2)9-6-3/h11,14H,4-10H2,1-3H3,(H,15,16). The molecule has 1 heterocycles. The number of rotatable bonds is 10. The molecule has 7 heteroatoms. The number of sulfonamides is 1. The van der Waals surface area contributed by atoms with E-state index in [0.717, 1.165) is 25.8 Å². The Bertz CT molecular complexity index is 478. The van der Waals surface area contributed by atoms with E-state index in [1.54, 1.807) is 6.20 Å². The van der Waals surface area contributed by atoms with Crippen molar-refractivity contribution in [3.63, 3.8) is 0 Å². The van der Waals surface area contributed by atoms with Gasteiger partial charge in [-0.3, -0.25) is 5.10 Å². The van der Waals surface area contributed by atoms with Crippen LogP contribution in [0.3, 0.4) is 0 Å². The maximum Gasteiger partial charge on any atom is 0.260 e. The molecule has 0 unspecified atom stereocenters. The summed E-state index contributed by atoms with van der Waals surface area (Å²) in [5.74, 6) is 0. The molecule has 0 saturated carbocycles. The number of aromatic nitrogens is 2. The van der Waals surface area contributed by atoms with Crippen molar-refractivity contribution in [2.24, 2.45) is 0 Å². The number of hydrogen-bond acceptors (Lipinski definition) is 4. The van der Waals surface area contributed by atoms with E-state index in [2.05, 4.69) is 22.4 Å². The zero-order valence-corrected chi connectivity index (χ0v) is 13.5. The molecule has 116 valence electrons. The van der Waals surface area contributed by atoms with Gasteiger partial charge in [0.15, 0.2) is 5.03 Å². The third-order valence-electron chi connectivity index (χ3n) is 2.96. The summed E-state index contributed by atoms with van der Waals surface area (Å²) in [6.45, 7) is 8.49. The van der Waals surface area contributed by atoms with Gasteiger partial charge >= 0.3 is 0 Å². The van der Waals surface area contributed by atoms with Crippen molar-refractivity contribution in [2.45, 2.75) is 51.6 Å². The van der Waals surface area contributed by atoms with E-state index < -0.39 is 10.0 Å². The first-order valence-corrected chi connectivity index (χ1v) is 8.75. The second-order valence-corrected chi connectivity index (χ2v) is 6.68. The van der Waals surface area contributed by atoms with Gasteiger partial charge in [0.2, 0.25) is 0 Å². The van der Waals surface area contributed by atoms with Crippen LogP contribution in [0.5, 0.6) is 0 Å². The molecular weight excluding hydrogens is 276 g/mol. The number of nitrogens with one attached hydrogen (secondary N) is 2. The van der Waals surface area contributed by atoms with Crippen LogP contribution in [0, 0.1) is 0 Å². The van der Waals surface area contributed by atoms with Crippen molar-refractivity contribution in [2.75, 3.05) is 19.6 Å². The first-order valence-electron chi connectivity index (χ1n) is 7.30. The van der Waals surface area contributed by atoms with E-state index in [1.807, 2.05) is 13.8 Å². The Balaban J connectivity index is 2.93. The highest BCUT2D eigenvalue weighted by Crippen LogP contribution is 2.18. The van der Waals surface area contributed by atoms with E-state index in [0.29, 0.717) is 25.2 Å². The second kappa shape index (κ2) is 8.39. The smallest absolute Gasteiger partial charge is 0.260 e. The summed E-state index contributed by atoms with van der Waals surface area (Å²) in [4.78, 5) is 0. The molecule has 1 aromatic rings. The summed E-state index contributed by atoms with van der Waals surface area (Å²) in [7, 11) is -3.47. The third kappa shape index (κ3) is 4.29. The number of aromatic amines is 1. The van der Waals surface area contributed by atoms with Crippen LogP contribution in [0.15, 0.2) is 11.2 Å². The van der Waals surface area contributed by atoms with E-state index >= 15 is 0 Å². The summed E-state index contributed by atoms with van der Waals surface area (Å²) in [5.41, 5.74) is 0.704. The molecule has 6 nitrogen and oxygen atoms in total. The molecule has 0 atom stereocenters. The lowest BCUT2D eigenvalue weighted by Gasteiger charge is -2.20. The average Bonchev–Trinajstić information content (AvgIpc) is 2.88. The van der Waals surface area contributed by atoms with Gasteiger partial charge < -0.3 is 5.32 Å². The second-order valence-electron chi connectivity index (χ2n) is 4.81. The Hall–Kier alpha value is -0.920. The molecule has 0 radical (unpaired) electrons. The molecule has 0 spiro atoms. The summed E-state index contributed by atoms with van der Waals surface area (Å²) < 4.78 is 26.8. The molecule has 0 saturated heterocycles. The van der Waals surface area contributed by atoms with Crippen molar-refractivity contribution < 1.29 is 8.42 Å². The van der Waals surface area contributed by atoms with Crippen LogP contribution < -0.4 is 5.32 Å². The normalized spacial score (nSPS) is 12.2. The molecule has 0 aromatic carbocycles. The van der Waals surface area contributed by atoms with Gasteiger partial charge in [-0.1, -0.05) is 20.8 Å². The SMILES string of the molecule is CCCNCc1cn[nH]c1S(=O)(=O)N(CCC)CCC. The Morgan fingerprint density at radius 1 is 1.20 bits per heavy atom. The average molecular weight is 302 g/mol. The number of hydrogen-bond donors (Lipinski definition) is 2. The van der Waals surface area contributed by atoms with Gasteiger partial charge in [0.25, 0.3) is 10.0 Å². The monoisotopic (exact) mass is 302 g/mol. The third-order valence-corrected chi connectivity index (χ3v) is 4.88. The summed E-state index contributed by atoms with van der Waals surface area (Å²) in [5, 5.41) is 9.98. The minimum absolute atomic E-state index is 0.225. The lowest BCUT2D eigenvalue weighted by molar-refractivity contribution is 0.407. The van der Waals surface area contributed by atoms with E-state index in [4.69, 9.17) is 0 Å². The van der Waals surface area contributed by atoms with Gasteiger partial charge in [-0.25, -0.2) is 8.42 Å². The molecule has 2 N–H and O–H groups in total. The van der Waals surface area contributed by atoms with Crippen LogP contribution in [0.2, 0.25) is 0 Å². The van der Waals surface area contributed by atoms with Gasteiger partial charge in [0.05, 0.1) is 6.20 Å². The molecule has 20 heavy (non-hydrogen) atoms. The lowest BCUT2D eigenvalue weighted by atomic mass is 10.3. The van der Waals surface area contributed by atoms with Crippen molar-refractivity contribution >= 4 is 10.0 Å². The quantitative estimate of drug-likeness (QED) is 0.645. The largest absolute Gasteiger partial charge is 0.313 e. The fraction of sp³-hybridized carbons (Fsp3) is 0.769. The van der Waals surface area contributed by atoms with Gasteiger partial charge in [-0.05, 0) is 25.8 Å². The summed E-state index contributed by atoms with van der Waals surface area (Å²) >= 11 is 0. The molecular formula is C13H26N4O2S. The topological polar surface area (TPSA) is 78.1 Å². The predicted octanol–water partition coefficient (Wildman–Crippen LogP) is 1.72. The highest BCUT2D eigenvalue weighted by Gasteiger charge is 2.27. The molecule has 0 aliphatic heterocycles. The molecule has 0 aliphatic carbocycles. The Morgan fingerprint density at radius 2 is 1.85 bits per heavy atom. The molecule has 0 bridgehead atoms. The van der Waals surface area contributed by atoms with Gasteiger partial charge in [0, 0.05) is 25.2 Å². The van der Waals surface area contributed by atoms with Crippen LogP contribution >= 0.6 is 0 Å². The number of nitrogens with zero attached hydrogens (tertiary/aromatic N) is 2. The van der Waals surface area contributed by atoms with Gasteiger partial charge in [0.1, 0.15) is 0 Å². The minimum Gasteiger partial charge on any atom is -0.313 e. The van der Waals surface area contributed by atoms with Crippen molar-refractivity contribution in [1.82, 2.24) is 19.8 Å². The maximum absolute atomic E-state index is 12.7. The van der Waals surface area contributed by atoms with Crippen LogP contribution in [0.1, 0.15) is 45.6 Å². The minimum atomic E-state index is -3.47. The molecule has 1 rings (SSSR count). The van der Waals surface area contributed by atoms with E-state index in [-0.39, 0.29) is 5.03 Å². The Morgan fingerprint density at radius 3 is 2.40 bits per heavy atom. The van der Waals surface area contributed by atoms with Crippen molar-refractivity contribution in [1.29, 1.82) is 0 Å². The molecule has 0 aliphatic rings. The van der Waals surface area contributed by atoms with Crippen molar-refractivity contribution in [3.8, 4) is 0 Å². The van der Waals surface area contributed by atoms with Crippen LogP contribution in [-0.4, -0.2) is 42.6 Å². The zero-order chi connectivity index (χ0) is 15.0. The van der Waals surface area contributed by atoms with Crippen LogP contribution in [0.25, 0.3) is 0 Å². The first kappa shape index (κ1) is 17.1. The molecule has 1 aromatic heterocycles. The van der Waals surface area contributed by atoms with Gasteiger partial charge in [-0.15, -0.1) is 0 Å². The van der Waals surface area contributed by atoms with Gasteiger partial charge in [-0.2, -0.15) is 9.40 Å². The van der Waals surface area contributed by atoms with Crippen molar-refractivity contribution in [3.05, 3.63) is 11.8 Å². The lowest BCUT2D eigenvalue weighted by Crippen LogP contribution is -2.33. The Labute approximate surface area is 122 Å².